The standard InChI is InChI=1S/C14H26N2O/c1-2-10-15-12-6-8-13(9-7-12)16-11-4-3-5-14(16)17/h12-13,15H,2-11H2,1H3. The molecule has 1 N–H and O–H groups in total. The number of likely N-dealkylation sites (tertiary alicyclic amines) is 1. The van der Waals surface area contributed by atoms with Crippen molar-refractivity contribution in [3.63, 3.8) is 0 Å². The number of carbonyl (C=O) groups excluding carboxylic acids is 1. The summed E-state index contributed by atoms with van der Waals surface area (Å²) in [6, 6.07) is 1.24. The van der Waals surface area contributed by atoms with E-state index in [-0.39, 0.29) is 0 Å². The molecule has 2 aliphatic rings. The zero-order chi connectivity index (χ0) is 12.1. The molecule has 1 aliphatic carbocycles. The molecule has 2 fully saturated rings. The summed E-state index contributed by atoms with van der Waals surface area (Å²) in [5.74, 6) is 0.404. The van der Waals surface area contributed by atoms with Gasteiger partial charge in [-0.1, -0.05) is 6.92 Å². The van der Waals surface area contributed by atoms with Crippen molar-refractivity contribution in [3.8, 4) is 0 Å². The highest BCUT2D eigenvalue weighted by Gasteiger charge is 2.29. The lowest BCUT2D eigenvalue weighted by atomic mass is 9.89. The van der Waals surface area contributed by atoms with E-state index >= 15 is 0 Å². The van der Waals surface area contributed by atoms with E-state index in [0.717, 1.165) is 25.9 Å². The lowest BCUT2D eigenvalue weighted by Crippen LogP contribution is -2.47. The Morgan fingerprint density at radius 3 is 2.65 bits per heavy atom. The Labute approximate surface area is 105 Å². The van der Waals surface area contributed by atoms with Gasteiger partial charge in [0.15, 0.2) is 0 Å². The number of hydrogen-bond acceptors (Lipinski definition) is 2. The third kappa shape index (κ3) is 3.44. The zero-order valence-electron chi connectivity index (χ0n) is 11.1. The van der Waals surface area contributed by atoms with Gasteiger partial charge < -0.3 is 10.2 Å². The molecule has 98 valence electrons. The van der Waals surface area contributed by atoms with Crippen LogP contribution in [0, 0.1) is 0 Å². The summed E-state index contributed by atoms with van der Waals surface area (Å²) in [4.78, 5) is 14.0. The Morgan fingerprint density at radius 1 is 1.24 bits per heavy atom. The second-order valence-electron chi connectivity index (χ2n) is 5.50. The molecule has 0 aromatic rings. The van der Waals surface area contributed by atoms with Gasteiger partial charge in [-0.2, -0.15) is 0 Å². The van der Waals surface area contributed by atoms with E-state index in [0.29, 0.717) is 18.0 Å². The smallest absolute Gasteiger partial charge is 0.222 e. The van der Waals surface area contributed by atoms with Crippen molar-refractivity contribution in [2.45, 2.75) is 70.4 Å². The summed E-state index contributed by atoms with van der Waals surface area (Å²) < 4.78 is 0. The monoisotopic (exact) mass is 238 g/mol. The number of piperidine rings is 1. The summed E-state index contributed by atoms with van der Waals surface area (Å²) in [7, 11) is 0. The highest BCUT2D eigenvalue weighted by molar-refractivity contribution is 5.77. The highest BCUT2D eigenvalue weighted by Crippen LogP contribution is 2.26. The third-order valence-electron chi connectivity index (χ3n) is 4.18. The van der Waals surface area contributed by atoms with Crippen molar-refractivity contribution >= 4 is 5.91 Å². The molecule has 1 heterocycles. The first kappa shape index (κ1) is 12.9. The molecule has 17 heavy (non-hydrogen) atoms. The Morgan fingerprint density at radius 2 is 2.00 bits per heavy atom. The van der Waals surface area contributed by atoms with Gasteiger partial charge in [-0.05, 0) is 51.5 Å². The van der Waals surface area contributed by atoms with Crippen LogP contribution in [-0.2, 0) is 4.79 Å². The van der Waals surface area contributed by atoms with E-state index in [9.17, 15) is 4.79 Å². The van der Waals surface area contributed by atoms with Gasteiger partial charge >= 0.3 is 0 Å². The van der Waals surface area contributed by atoms with Gasteiger partial charge in [-0.3, -0.25) is 4.79 Å². The Balaban J connectivity index is 1.76. The maximum Gasteiger partial charge on any atom is 0.222 e. The molecular formula is C14H26N2O. The van der Waals surface area contributed by atoms with Crippen LogP contribution in [0.25, 0.3) is 0 Å². The first-order valence-corrected chi connectivity index (χ1v) is 7.34. The number of rotatable bonds is 4. The lowest BCUT2D eigenvalue weighted by Gasteiger charge is -2.39. The molecule has 1 saturated carbocycles. The molecule has 3 nitrogen and oxygen atoms in total. The topological polar surface area (TPSA) is 32.3 Å². The van der Waals surface area contributed by atoms with Crippen LogP contribution >= 0.6 is 0 Å². The van der Waals surface area contributed by atoms with Gasteiger partial charge in [0.25, 0.3) is 0 Å². The number of nitrogens with zero attached hydrogens (tertiary/aromatic N) is 1. The second-order valence-corrected chi connectivity index (χ2v) is 5.50. The van der Waals surface area contributed by atoms with E-state index in [4.69, 9.17) is 0 Å². The molecule has 0 spiro atoms. The maximum atomic E-state index is 11.9. The first-order chi connectivity index (χ1) is 8.31. The van der Waals surface area contributed by atoms with Gasteiger partial charge in [0.05, 0.1) is 0 Å². The minimum absolute atomic E-state index is 0.404. The summed E-state index contributed by atoms with van der Waals surface area (Å²) in [5, 5.41) is 3.60. The molecule has 0 aromatic carbocycles. The Hall–Kier alpha value is -0.570. The van der Waals surface area contributed by atoms with Crippen LogP contribution in [-0.4, -0.2) is 36.0 Å². The van der Waals surface area contributed by atoms with Crippen LogP contribution in [0.2, 0.25) is 0 Å². The van der Waals surface area contributed by atoms with Gasteiger partial charge in [0.2, 0.25) is 5.91 Å². The van der Waals surface area contributed by atoms with Crippen LogP contribution in [0.1, 0.15) is 58.3 Å². The van der Waals surface area contributed by atoms with Crippen LogP contribution in [0.5, 0.6) is 0 Å². The first-order valence-electron chi connectivity index (χ1n) is 7.34. The van der Waals surface area contributed by atoms with E-state index in [2.05, 4.69) is 17.1 Å². The van der Waals surface area contributed by atoms with Crippen LogP contribution < -0.4 is 5.32 Å². The molecule has 0 aromatic heterocycles. The van der Waals surface area contributed by atoms with Gasteiger partial charge in [0.1, 0.15) is 0 Å². The quantitative estimate of drug-likeness (QED) is 0.815. The molecule has 1 saturated heterocycles. The van der Waals surface area contributed by atoms with Crippen molar-refractivity contribution < 1.29 is 4.79 Å². The molecular weight excluding hydrogens is 212 g/mol. The summed E-state index contributed by atoms with van der Waals surface area (Å²) in [6.07, 6.45) is 9.20. The molecule has 1 aliphatic heterocycles. The Bertz CT molecular complexity index is 247. The molecule has 2 rings (SSSR count). The van der Waals surface area contributed by atoms with Crippen LogP contribution in [0.15, 0.2) is 0 Å². The number of amides is 1. The average Bonchev–Trinajstić information content (AvgIpc) is 2.38. The fourth-order valence-electron chi connectivity index (χ4n) is 3.15. The third-order valence-corrected chi connectivity index (χ3v) is 4.18. The fourth-order valence-corrected chi connectivity index (χ4v) is 3.15. The molecule has 0 radical (unpaired) electrons. The minimum atomic E-state index is 0.404. The summed E-state index contributed by atoms with van der Waals surface area (Å²) in [6.45, 7) is 4.36. The second kappa shape index (κ2) is 6.39. The molecule has 1 amide bonds. The molecule has 0 bridgehead atoms. The molecule has 0 unspecified atom stereocenters. The lowest BCUT2D eigenvalue weighted by molar-refractivity contribution is -0.136. The van der Waals surface area contributed by atoms with Crippen molar-refractivity contribution in [2.75, 3.05) is 13.1 Å². The molecule has 3 heteroatoms. The summed E-state index contributed by atoms with van der Waals surface area (Å²) >= 11 is 0. The summed E-state index contributed by atoms with van der Waals surface area (Å²) in [5.41, 5.74) is 0. The number of nitrogens with one attached hydrogen (secondary N) is 1. The number of hydrogen-bond donors (Lipinski definition) is 1. The maximum absolute atomic E-state index is 11.9. The minimum Gasteiger partial charge on any atom is -0.340 e. The Kier molecular flexibility index (Phi) is 4.84. The fraction of sp³-hybridized carbons (Fsp3) is 0.929. The van der Waals surface area contributed by atoms with E-state index in [1.807, 2.05) is 0 Å². The predicted octanol–water partition coefficient (Wildman–Crippen LogP) is 2.31. The van der Waals surface area contributed by atoms with Crippen molar-refractivity contribution in [1.29, 1.82) is 0 Å². The SMILES string of the molecule is CCCNC1CCC(N2CCCCC2=O)CC1. The van der Waals surface area contributed by atoms with E-state index in [1.54, 1.807) is 0 Å². The molecule has 0 atom stereocenters. The predicted molar refractivity (Wildman–Crippen MR) is 69.9 cm³/mol. The van der Waals surface area contributed by atoms with Crippen molar-refractivity contribution in [1.82, 2.24) is 10.2 Å². The van der Waals surface area contributed by atoms with Crippen molar-refractivity contribution in [2.24, 2.45) is 0 Å². The van der Waals surface area contributed by atoms with Gasteiger partial charge in [0, 0.05) is 25.0 Å². The zero-order valence-corrected chi connectivity index (χ0v) is 11.1. The van der Waals surface area contributed by atoms with Gasteiger partial charge in [-0.15, -0.1) is 0 Å². The van der Waals surface area contributed by atoms with E-state index in [1.165, 1.54) is 38.5 Å². The largest absolute Gasteiger partial charge is 0.340 e. The van der Waals surface area contributed by atoms with E-state index < -0.39 is 0 Å². The van der Waals surface area contributed by atoms with Crippen LogP contribution in [0.3, 0.4) is 0 Å². The normalized spacial score (nSPS) is 30.6. The average molecular weight is 238 g/mol. The van der Waals surface area contributed by atoms with Gasteiger partial charge in [-0.25, -0.2) is 0 Å². The number of carbonyl (C=O) groups is 1. The van der Waals surface area contributed by atoms with Crippen LogP contribution in [0.4, 0.5) is 0 Å². The highest BCUT2D eigenvalue weighted by atomic mass is 16.2. The van der Waals surface area contributed by atoms with Crippen molar-refractivity contribution in [3.05, 3.63) is 0 Å².